The van der Waals surface area contributed by atoms with Gasteiger partial charge in [-0.2, -0.15) is 0 Å². The fraction of sp³-hybridized carbons (Fsp3) is 0.269. The molecule has 0 saturated heterocycles. The Hall–Kier alpha value is -3.31. The molecule has 31 heavy (non-hydrogen) atoms. The van der Waals surface area contributed by atoms with Crippen LogP contribution in [0.1, 0.15) is 36.1 Å². The summed E-state index contributed by atoms with van der Waals surface area (Å²) < 4.78 is 10.5. The quantitative estimate of drug-likeness (QED) is 0.508. The molecule has 3 aromatic rings. The molecule has 0 bridgehead atoms. The van der Waals surface area contributed by atoms with Crippen molar-refractivity contribution in [2.45, 2.75) is 24.9 Å². The highest BCUT2D eigenvalue weighted by molar-refractivity contribution is 5.95. The fourth-order valence-electron chi connectivity index (χ4n) is 3.78. The van der Waals surface area contributed by atoms with E-state index in [1.165, 1.54) is 5.56 Å². The summed E-state index contributed by atoms with van der Waals surface area (Å²) in [5.41, 5.74) is 2.84. The number of anilines is 1. The van der Waals surface area contributed by atoms with Crippen molar-refractivity contribution in [2.24, 2.45) is 5.92 Å². The molecule has 0 radical (unpaired) electrons. The Kier molecular flexibility index (Phi) is 6.53. The van der Waals surface area contributed by atoms with Crippen molar-refractivity contribution in [1.29, 1.82) is 0 Å². The van der Waals surface area contributed by atoms with Gasteiger partial charge in [-0.25, -0.2) is 0 Å². The Morgan fingerprint density at radius 3 is 1.94 bits per heavy atom. The molecule has 3 aromatic carbocycles. The van der Waals surface area contributed by atoms with Gasteiger partial charge in [-0.3, -0.25) is 10.1 Å². The molecule has 160 valence electrons. The second kappa shape index (κ2) is 9.67. The van der Waals surface area contributed by atoms with Gasteiger partial charge < -0.3 is 14.8 Å². The van der Waals surface area contributed by atoms with Gasteiger partial charge in [-0.05, 0) is 66.3 Å². The van der Waals surface area contributed by atoms with Crippen LogP contribution in [0.25, 0.3) is 0 Å². The number of amides is 1. The van der Waals surface area contributed by atoms with Crippen LogP contribution in [0.5, 0.6) is 11.5 Å². The van der Waals surface area contributed by atoms with E-state index in [0.717, 1.165) is 35.6 Å². The molecule has 0 aliphatic heterocycles. The number of hydrogen-bond donors (Lipinski definition) is 2. The van der Waals surface area contributed by atoms with Crippen LogP contribution < -0.4 is 20.1 Å². The van der Waals surface area contributed by atoms with E-state index in [0.29, 0.717) is 5.92 Å². The van der Waals surface area contributed by atoms with Crippen molar-refractivity contribution in [3.05, 3.63) is 90.0 Å². The number of rotatable bonds is 9. The van der Waals surface area contributed by atoms with Gasteiger partial charge in [0.05, 0.1) is 14.2 Å². The number of hydrogen-bond acceptors (Lipinski definition) is 4. The first-order chi connectivity index (χ1) is 15.2. The van der Waals surface area contributed by atoms with Gasteiger partial charge in [-0.1, -0.05) is 42.5 Å². The van der Waals surface area contributed by atoms with Gasteiger partial charge in [0, 0.05) is 11.7 Å². The number of methoxy groups -OCH3 is 2. The lowest BCUT2D eigenvalue weighted by molar-refractivity contribution is -0.118. The van der Waals surface area contributed by atoms with E-state index in [4.69, 9.17) is 9.47 Å². The zero-order valence-electron chi connectivity index (χ0n) is 17.9. The van der Waals surface area contributed by atoms with E-state index in [1.54, 1.807) is 14.2 Å². The standard InChI is InChI=1S/C26H28N2O3/c1-30-22-14-10-20(11-15-22)24(19-8-9-19)28-25(18-6-4-3-5-7-18)26(29)27-21-12-16-23(31-2)17-13-21/h3-7,10-17,19,24-25,28H,8-9H2,1-2H3,(H,27,29). The van der Waals surface area contributed by atoms with Crippen LogP contribution in [0.3, 0.4) is 0 Å². The summed E-state index contributed by atoms with van der Waals surface area (Å²) in [6.07, 6.45) is 2.32. The topological polar surface area (TPSA) is 59.6 Å². The molecule has 0 spiro atoms. The third kappa shape index (κ3) is 5.25. The highest BCUT2D eigenvalue weighted by Gasteiger charge is 2.35. The molecule has 2 N–H and O–H groups in total. The molecule has 4 rings (SSSR count). The maximum atomic E-state index is 13.4. The lowest BCUT2D eigenvalue weighted by Gasteiger charge is -2.26. The summed E-state index contributed by atoms with van der Waals surface area (Å²) in [4.78, 5) is 13.4. The Morgan fingerprint density at radius 1 is 0.806 bits per heavy atom. The smallest absolute Gasteiger partial charge is 0.246 e. The second-order valence-corrected chi connectivity index (χ2v) is 7.82. The molecule has 1 amide bonds. The third-order valence-electron chi connectivity index (χ3n) is 5.67. The molecular formula is C26H28N2O3. The Labute approximate surface area is 183 Å². The Bertz CT molecular complexity index is 983. The minimum absolute atomic E-state index is 0.0875. The second-order valence-electron chi connectivity index (χ2n) is 7.82. The first-order valence-corrected chi connectivity index (χ1v) is 10.6. The Morgan fingerprint density at radius 2 is 1.39 bits per heavy atom. The highest BCUT2D eigenvalue weighted by atomic mass is 16.5. The molecular weight excluding hydrogens is 388 g/mol. The van der Waals surface area contributed by atoms with E-state index in [9.17, 15) is 4.79 Å². The average Bonchev–Trinajstić information content (AvgIpc) is 3.66. The van der Waals surface area contributed by atoms with E-state index in [1.807, 2.05) is 66.7 Å². The van der Waals surface area contributed by atoms with Crippen LogP contribution >= 0.6 is 0 Å². The summed E-state index contributed by atoms with van der Waals surface area (Å²) in [5.74, 6) is 2.02. The lowest BCUT2D eigenvalue weighted by atomic mass is 9.98. The van der Waals surface area contributed by atoms with Crippen molar-refractivity contribution in [1.82, 2.24) is 5.32 Å². The number of nitrogens with one attached hydrogen (secondary N) is 2. The molecule has 0 heterocycles. The molecule has 1 fully saturated rings. The van der Waals surface area contributed by atoms with Crippen LogP contribution in [0.15, 0.2) is 78.9 Å². The van der Waals surface area contributed by atoms with Crippen LogP contribution in [-0.4, -0.2) is 20.1 Å². The van der Waals surface area contributed by atoms with Gasteiger partial charge in [0.25, 0.3) is 0 Å². The third-order valence-corrected chi connectivity index (χ3v) is 5.67. The predicted octanol–water partition coefficient (Wildman–Crippen LogP) is 5.12. The van der Waals surface area contributed by atoms with E-state index >= 15 is 0 Å². The molecule has 1 saturated carbocycles. The van der Waals surface area contributed by atoms with Crippen molar-refractivity contribution in [3.8, 4) is 11.5 Å². The van der Waals surface area contributed by atoms with Crippen molar-refractivity contribution >= 4 is 11.6 Å². The normalized spacial score (nSPS) is 15.0. The lowest BCUT2D eigenvalue weighted by Crippen LogP contribution is -2.36. The minimum Gasteiger partial charge on any atom is -0.497 e. The maximum Gasteiger partial charge on any atom is 0.246 e. The average molecular weight is 417 g/mol. The van der Waals surface area contributed by atoms with Gasteiger partial charge in [0.2, 0.25) is 5.91 Å². The van der Waals surface area contributed by atoms with Crippen molar-refractivity contribution in [3.63, 3.8) is 0 Å². The monoisotopic (exact) mass is 416 g/mol. The molecule has 2 atom stereocenters. The largest absolute Gasteiger partial charge is 0.497 e. The van der Waals surface area contributed by atoms with Crippen LogP contribution in [0.4, 0.5) is 5.69 Å². The molecule has 0 aromatic heterocycles. The van der Waals surface area contributed by atoms with Crippen molar-refractivity contribution < 1.29 is 14.3 Å². The first kappa shape index (κ1) is 20.9. The van der Waals surface area contributed by atoms with E-state index in [2.05, 4.69) is 22.8 Å². The van der Waals surface area contributed by atoms with Gasteiger partial charge >= 0.3 is 0 Å². The fourth-order valence-corrected chi connectivity index (χ4v) is 3.78. The molecule has 5 heteroatoms. The van der Waals surface area contributed by atoms with Crippen molar-refractivity contribution in [2.75, 3.05) is 19.5 Å². The number of benzene rings is 3. The number of ether oxygens (including phenoxy) is 2. The summed E-state index contributed by atoms with van der Waals surface area (Å²) in [5, 5.41) is 6.70. The number of carbonyl (C=O) groups is 1. The van der Waals surface area contributed by atoms with Crippen LogP contribution in [-0.2, 0) is 4.79 Å². The summed E-state index contributed by atoms with van der Waals surface area (Å²) >= 11 is 0. The highest BCUT2D eigenvalue weighted by Crippen LogP contribution is 2.42. The molecule has 5 nitrogen and oxygen atoms in total. The summed E-state index contributed by atoms with van der Waals surface area (Å²) in [6, 6.07) is 25.0. The number of carbonyl (C=O) groups excluding carboxylic acids is 1. The van der Waals surface area contributed by atoms with Gasteiger partial charge in [0.1, 0.15) is 17.5 Å². The van der Waals surface area contributed by atoms with Gasteiger partial charge in [-0.15, -0.1) is 0 Å². The van der Waals surface area contributed by atoms with Crippen LogP contribution in [0.2, 0.25) is 0 Å². The summed E-state index contributed by atoms with van der Waals surface area (Å²) in [7, 11) is 3.29. The molecule has 1 aliphatic carbocycles. The maximum absolute atomic E-state index is 13.4. The van der Waals surface area contributed by atoms with Gasteiger partial charge in [0.15, 0.2) is 0 Å². The van der Waals surface area contributed by atoms with Crippen LogP contribution in [0, 0.1) is 5.92 Å². The zero-order valence-corrected chi connectivity index (χ0v) is 17.9. The Balaban J connectivity index is 1.58. The SMILES string of the molecule is COc1ccc(NC(=O)C(NC(c2ccc(OC)cc2)C2CC2)c2ccccc2)cc1. The minimum atomic E-state index is -0.476. The van der Waals surface area contributed by atoms with E-state index < -0.39 is 6.04 Å². The summed E-state index contributed by atoms with van der Waals surface area (Å²) in [6.45, 7) is 0. The van der Waals surface area contributed by atoms with E-state index in [-0.39, 0.29) is 11.9 Å². The molecule has 2 unspecified atom stereocenters. The molecule has 1 aliphatic rings. The zero-order chi connectivity index (χ0) is 21.6. The first-order valence-electron chi connectivity index (χ1n) is 10.6. The predicted molar refractivity (Wildman–Crippen MR) is 122 cm³/mol.